The minimum Gasteiger partial charge on any atom is -0.311 e. The van der Waals surface area contributed by atoms with Crippen molar-refractivity contribution in [3.63, 3.8) is 0 Å². The number of rotatable bonds is 4. The van der Waals surface area contributed by atoms with E-state index in [1.165, 1.54) is 115 Å². The first-order valence-corrected chi connectivity index (χ1v) is 28.1. The van der Waals surface area contributed by atoms with Crippen LogP contribution in [0.3, 0.4) is 0 Å². The van der Waals surface area contributed by atoms with E-state index in [1.807, 2.05) is 11.3 Å². The molecule has 0 spiro atoms. The van der Waals surface area contributed by atoms with Gasteiger partial charge in [-0.25, -0.2) is 0 Å². The van der Waals surface area contributed by atoms with Crippen LogP contribution >= 0.6 is 11.3 Å². The molecule has 3 aliphatic rings. The van der Waals surface area contributed by atoms with Crippen LogP contribution in [0.25, 0.3) is 47.7 Å². The Morgan fingerprint density at radius 3 is 1.61 bits per heavy atom. The van der Waals surface area contributed by atoms with E-state index in [-0.39, 0.29) is 28.4 Å². The summed E-state index contributed by atoms with van der Waals surface area (Å²) in [6.07, 6.45) is 0. The van der Waals surface area contributed by atoms with E-state index in [1.54, 1.807) is 0 Å². The third-order valence-corrected chi connectivity index (χ3v) is 18.0. The minimum absolute atomic E-state index is 0.0173. The lowest BCUT2D eigenvalue weighted by Crippen LogP contribution is -2.62. The summed E-state index contributed by atoms with van der Waals surface area (Å²) in [5.41, 5.74) is 23.4. The van der Waals surface area contributed by atoms with Gasteiger partial charge in [0.2, 0.25) is 0 Å². The highest BCUT2D eigenvalue weighted by Crippen LogP contribution is 2.56. The summed E-state index contributed by atoms with van der Waals surface area (Å²) in [5.74, 6) is 0. The summed E-state index contributed by atoms with van der Waals surface area (Å²) >= 11 is 1.88. The first-order chi connectivity index (χ1) is 36.2. The summed E-state index contributed by atoms with van der Waals surface area (Å²) in [5, 5.41) is 5.20. The molecule has 14 rings (SSSR count). The number of fused-ring (bicyclic) bond motifs is 12. The molecule has 9 aromatic carbocycles. The Hall–Kier alpha value is -7.54. The number of para-hydroxylation sites is 2. The van der Waals surface area contributed by atoms with Gasteiger partial charge in [-0.1, -0.05) is 162 Å². The molecule has 0 unspecified atom stereocenters. The van der Waals surface area contributed by atoms with E-state index in [0.717, 1.165) is 22.7 Å². The molecule has 0 aliphatic carbocycles. The number of benzene rings is 9. The van der Waals surface area contributed by atoms with E-state index in [0.29, 0.717) is 0 Å². The van der Waals surface area contributed by atoms with E-state index in [2.05, 4.69) is 278 Å². The van der Waals surface area contributed by atoms with Gasteiger partial charge in [-0.2, -0.15) is 0 Å². The number of hydrogen-bond donors (Lipinski definition) is 0. The average Bonchev–Trinajstić information content (AvgIpc) is 3.83. The van der Waals surface area contributed by atoms with Crippen molar-refractivity contribution in [3.05, 3.63) is 198 Å². The van der Waals surface area contributed by atoms with Crippen LogP contribution in [0, 0.1) is 0 Å². The lowest BCUT2D eigenvalue weighted by atomic mass is 9.33. The van der Waals surface area contributed by atoms with Crippen molar-refractivity contribution in [1.82, 2.24) is 4.57 Å². The minimum atomic E-state index is -0.136. The molecule has 0 bridgehead atoms. The zero-order valence-corrected chi connectivity index (χ0v) is 46.8. The maximum Gasteiger partial charge on any atom is 0.252 e. The predicted octanol–water partition coefficient (Wildman–Crippen LogP) is 18.2. The molecule has 76 heavy (non-hydrogen) atoms. The molecule has 11 aromatic rings. The molecule has 0 radical (unpaired) electrons. The SMILES string of the molecule is CC(C)(C)c1ccc2c(c1)B1c3cc(C(C)(C)C)cc4c3N(c3cc(N(c5ccccc5)c5ccccc5)cc(c31)N2c1ccc2sc3ccccc3c2c1)c1cc(C(C)(C)C)cc2c3cc(C(C)(C)C)ccc3n-4c12. The summed E-state index contributed by atoms with van der Waals surface area (Å²) in [4.78, 5) is 7.81. The van der Waals surface area contributed by atoms with Crippen molar-refractivity contribution >= 4 is 128 Å². The van der Waals surface area contributed by atoms with Crippen LogP contribution in [0.1, 0.15) is 105 Å². The van der Waals surface area contributed by atoms with Crippen molar-refractivity contribution in [2.75, 3.05) is 14.7 Å². The topological polar surface area (TPSA) is 14.7 Å². The summed E-state index contributed by atoms with van der Waals surface area (Å²) in [6, 6.07) is 68.0. The summed E-state index contributed by atoms with van der Waals surface area (Å²) in [6.45, 7) is 28.3. The molecular formula is C70H65BN4S. The van der Waals surface area contributed by atoms with E-state index in [9.17, 15) is 0 Å². The third kappa shape index (κ3) is 6.95. The maximum absolute atomic E-state index is 2.72. The van der Waals surface area contributed by atoms with Gasteiger partial charge < -0.3 is 19.3 Å². The average molecular weight is 1010 g/mol. The van der Waals surface area contributed by atoms with Crippen LogP contribution in [0.2, 0.25) is 0 Å². The Morgan fingerprint density at radius 2 is 0.934 bits per heavy atom. The first kappa shape index (κ1) is 47.0. The molecule has 0 saturated heterocycles. The van der Waals surface area contributed by atoms with Gasteiger partial charge in [0.1, 0.15) is 0 Å². The summed E-state index contributed by atoms with van der Waals surface area (Å²) < 4.78 is 5.27. The van der Waals surface area contributed by atoms with Crippen LogP contribution in [-0.4, -0.2) is 11.3 Å². The molecule has 5 heterocycles. The van der Waals surface area contributed by atoms with Crippen molar-refractivity contribution in [2.24, 2.45) is 0 Å². The summed E-state index contributed by atoms with van der Waals surface area (Å²) in [7, 11) is 0. The second-order valence-corrected chi connectivity index (χ2v) is 27.0. The van der Waals surface area contributed by atoms with Gasteiger partial charge in [0, 0.05) is 65.1 Å². The van der Waals surface area contributed by atoms with Crippen molar-refractivity contribution in [1.29, 1.82) is 0 Å². The Morgan fingerprint density at radius 1 is 0.382 bits per heavy atom. The Balaban J connectivity index is 1.18. The normalized spacial score (nSPS) is 14.0. The molecular weight excluding hydrogens is 940 g/mol. The molecule has 374 valence electrons. The van der Waals surface area contributed by atoms with Crippen LogP contribution < -0.4 is 31.1 Å². The molecule has 3 aliphatic heterocycles. The molecule has 0 saturated carbocycles. The fraction of sp³-hybridized carbons (Fsp3) is 0.229. The van der Waals surface area contributed by atoms with Crippen LogP contribution in [0.15, 0.2) is 176 Å². The van der Waals surface area contributed by atoms with E-state index >= 15 is 0 Å². The fourth-order valence-corrected chi connectivity index (χ4v) is 13.8. The third-order valence-electron chi connectivity index (χ3n) is 16.8. The van der Waals surface area contributed by atoms with Crippen molar-refractivity contribution < 1.29 is 0 Å². The van der Waals surface area contributed by atoms with Crippen molar-refractivity contribution in [3.8, 4) is 5.69 Å². The van der Waals surface area contributed by atoms with Gasteiger partial charge in [-0.05, 0) is 157 Å². The molecule has 4 nitrogen and oxygen atoms in total. The monoisotopic (exact) mass is 1000 g/mol. The highest BCUT2D eigenvalue weighted by atomic mass is 32.1. The second-order valence-electron chi connectivity index (χ2n) is 26.0. The van der Waals surface area contributed by atoms with Crippen LogP contribution in [-0.2, 0) is 21.7 Å². The van der Waals surface area contributed by atoms with Crippen molar-refractivity contribution in [2.45, 2.75) is 105 Å². The lowest BCUT2D eigenvalue weighted by Gasteiger charge is -2.47. The van der Waals surface area contributed by atoms with Gasteiger partial charge in [-0.3, -0.25) is 0 Å². The van der Waals surface area contributed by atoms with Gasteiger partial charge in [-0.15, -0.1) is 11.3 Å². The Bertz CT molecular complexity index is 4190. The highest BCUT2D eigenvalue weighted by Gasteiger charge is 2.48. The lowest BCUT2D eigenvalue weighted by molar-refractivity contribution is 0.590. The standard InChI is InChI=1S/C70H65BN4S/c1-67(2,3)42-27-30-56-51(33-42)53-34-44(69(7,8)9)37-60-65(53)74(56)61-38-45(70(10,11)12)36-55-66(61)75(60)59-41-49(72(46-21-15-13-16-22-46)47-23-17-14-18-24-47)40-58-64(59)71(55)54-35-43(68(4,5)6)28-31-57(54)73(58)48-29-32-63-52(39-48)50-25-19-20-26-62(50)76-63/h13-41H,1-12H3. The number of hydrogen-bond acceptors (Lipinski definition) is 4. The van der Waals surface area contributed by atoms with E-state index < -0.39 is 0 Å². The number of anilines is 9. The highest BCUT2D eigenvalue weighted by molar-refractivity contribution is 7.25. The van der Waals surface area contributed by atoms with Crippen LogP contribution in [0.4, 0.5) is 51.2 Å². The first-order valence-electron chi connectivity index (χ1n) is 27.3. The zero-order chi connectivity index (χ0) is 52.5. The Kier molecular flexibility index (Phi) is 9.89. The maximum atomic E-state index is 2.72. The molecule has 6 heteroatoms. The largest absolute Gasteiger partial charge is 0.311 e. The fourth-order valence-electron chi connectivity index (χ4n) is 12.7. The molecule has 0 fully saturated rings. The number of nitrogens with zero attached hydrogens (tertiary/aromatic N) is 4. The quantitative estimate of drug-likeness (QED) is 0.163. The smallest absolute Gasteiger partial charge is 0.252 e. The number of aromatic nitrogens is 1. The van der Waals surface area contributed by atoms with Gasteiger partial charge in [0.05, 0.1) is 33.8 Å². The molecule has 2 aromatic heterocycles. The van der Waals surface area contributed by atoms with E-state index in [4.69, 9.17) is 0 Å². The van der Waals surface area contributed by atoms with Gasteiger partial charge in [0.25, 0.3) is 6.71 Å². The Labute approximate surface area is 452 Å². The van der Waals surface area contributed by atoms with Gasteiger partial charge >= 0.3 is 0 Å². The van der Waals surface area contributed by atoms with Crippen LogP contribution in [0.5, 0.6) is 0 Å². The molecule has 0 amide bonds. The second kappa shape index (κ2) is 16.0. The van der Waals surface area contributed by atoms with Gasteiger partial charge in [0.15, 0.2) is 0 Å². The number of thiophene rings is 1. The molecule has 0 N–H and O–H groups in total. The molecule has 0 atom stereocenters. The zero-order valence-electron chi connectivity index (χ0n) is 46.0. The predicted molar refractivity (Wildman–Crippen MR) is 331 cm³/mol.